The minimum atomic E-state index is -2.57. The summed E-state index contributed by atoms with van der Waals surface area (Å²) in [5.41, 5.74) is 2.95. The van der Waals surface area contributed by atoms with Crippen LogP contribution in [-0.2, 0) is 9.22 Å². The zero-order chi connectivity index (χ0) is 31.4. The van der Waals surface area contributed by atoms with Crippen LogP contribution in [0, 0.1) is 22.7 Å². The number of allylic oxidation sites excluding steroid dienone is 1. The lowest BCUT2D eigenvalue weighted by Crippen LogP contribution is -2.66. The SMILES string of the molecule is C[C@H](COc1ccccc1)C1=C2[C@@H](C=O)[C@](C)(CCCO[Si](c3ccccc3)(c3ccccc3)C(C)(C)C)CC[C@@]2(C)CC1. The van der Waals surface area contributed by atoms with Gasteiger partial charge in [-0.3, -0.25) is 0 Å². The summed E-state index contributed by atoms with van der Waals surface area (Å²) >= 11 is 0. The quantitative estimate of drug-likeness (QED) is 0.0892. The van der Waals surface area contributed by atoms with Crippen molar-refractivity contribution in [3.8, 4) is 5.75 Å². The maximum atomic E-state index is 13.0. The van der Waals surface area contributed by atoms with Gasteiger partial charge < -0.3 is 14.0 Å². The number of carbonyl (C=O) groups excluding carboxylic acids is 1. The lowest BCUT2D eigenvalue weighted by atomic mass is 9.55. The third kappa shape index (κ3) is 6.26. The summed E-state index contributed by atoms with van der Waals surface area (Å²) in [5.74, 6) is 1.15. The van der Waals surface area contributed by atoms with Crippen molar-refractivity contribution in [1.82, 2.24) is 0 Å². The summed E-state index contributed by atoms with van der Waals surface area (Å²) in [6, 6.07) is 31.9. The van der Waals surface area contributed by atoms with Gasteiger partial charge in [0.15, 0.2) is 0 Å². The van der Waals surface area contributed by atoms with E-state index in [-0.39, 0.29) is 27.7 Å². The minimum absolute atomic E-state index is 0.0425. The number of fused-ring (bicyclic) bond motifs is 1. The second-order valence-electron chi connectivity index (χ2n) is 14.9. The van der Waals surface area contributed by atoms with Crippen LogP contribution in [0.2, 0.25) is 5.04 Å². The lowest BCUT2D eigenvalue weighted by molar-refractivity contribution is -0.115. The van der Waals surface area contributed by atoms with Gasteiger partial charge in [0.05, 0.1) is 6.61 Å². The van der Waals surface area contributed by atoms with Crippen molar-refractivity contribution in [1.29, 1.82) is 0 Å². The van der Waals surface area contributed by atoms with E-state index >= 15 is 0 Å². The molecule has 0 amide bonds. The van der Waals surface area contributed by atoms with Crippen molar-refractivity contribution in [2.24, 2.45) is 22.7 Å². The molecule has 0 unspecified atom stereocenters. The van der Waals surface area contributed by atoms with Gasteiger partial charge in [-0.1, -0.05) is 132 Å². The maximum absolute atomic E-state index is 13.0. The average molecular weight is 609 g/mol. The molecule has 44 heavy (non-hydrogen) atoms. The minimum Gasteiger partial charge on any atom is -0.493 e. The average Bonchev–Trinajstić information content (AvgIpc) is 3.38. The fraction of sp³-hybridized carbons (Fsp3) is 0.475. The molecule has 0 aliphatic heterocycles. The zero-order valence-electron chi connectivity index (χ0n) is 27.8. The molecule has 0 heterocycles. The summed E-state index contributed by atoms with van der Waals surface area (Å²) in [6.07, 6.45) is 7.65. The van der Waals surface area contributed by atoms with Crippen molar-refractivity contribution in [2.75, 3.05) is 13.2 Å². The van der Waals surface area contributed by atoms with Crippen LogP contribution >= 0.6 is 0 Å². The highest BCUT2D eigenvalue weighted by atomic mass is 28.4. The molecule has 2 aliphatic rings. The second kappa shape index (κ2) is 13.2. The van der Waals surface area contributed by atoms with Crippen LogP contribution in [0.15, 0.2) is 102 Å². The summed E-state index contributed by atoms with van der Waals surface area (Å²) in [6.45, 7) is 15.4. The first kappa shape index (κ1) is 32.4. The van der Waals surface area contributed by atoms with E-state index in [0.717, 1.165) is 44.3 Å². The molecule has 0 N–H and O–H groups in total. The predicted molar refractivity (Wildman–Crippen MR) is 185 cm³/mol. The van der Waals surface area contributed by atoms with Crippen LogP contribution in [0.1, 0.15) is 80.1 Å². The summed E-state index contributed by atoms with van der Waals surface area (Å²) in [7, 11) is -2.57. The molecule has 0 spiro atoms. The van der Waals surface area contributed by atoms with Gasteiger partial charge in [-0.15, -0.1) is 0 Å². The molecule has 0 radical (unpaired) electrons. The number of para-hydroxylation sites is 1. The highest BCUT2D eigenvalue weighted by Crippen LogP contribution is 2.60. The van der Waals surface area contributed by atoms with Crippen molar-refractivity contribution in [2.45, 2.75) is 85.1 Å². The zero-order valence-corrected chi connectivity index (χ0v) is 28.8. The highest BCUT2D eigenvalue weighted by Gasteiger charge is 2.53. The number of carbonyl (C=O) groups is 1. The number of aldehydes is 1. The molecule has 1 fully saturated rings. The monoisotopic (exact) mass is 608 g/mol. The molecule has 0 bridgehead atoms. The number of hydrogen-bond donors (Lipinski definition) is 0. The van der Waals surface area contributed by atoms with Crippen LogP contribution in [0.5, 0.6) is 5.75 Å². The Hall–Kier alpha value is -2.95. The number of benzene rings is 3. The van der Waals surface area contributed by atoms with E-state index in [1.807, 2.05) is 30.3 Å². The molecule has 3 nitrogen and oxygen atoms in total. The molecule has 4 heteroatoms. The smallest absolute Gasteiger partial charge is 0.261 e. The van der Waals surface area contributed by atoms with E-state index in [9.17, 15) is 4.79 Å². The van der Waals surface area contributed by atoms with Crippen molar-refractivity contribution >= 4 is 25.0 Å². The fourth-order valence-electron chi connectivity index (χ4n) is 8.29. The first-order valence-corrected chi connectivity index (χ1v) is 18.6. The first-order chi connectivity index (χ1) is 21.0. The van der Waals surface area contributed by atoms with Gasteiger partial charge in [0.1, 0.15) is 12.0 Å². The molecule has 0 aromatic heterocycles. The highest BCUT2D eigenvalue weighted by molar-refractivity contribution is 6.99. The molecule has 5 rings (SSSR count). The van der Waals surface area contributed by atoms with Crippen LogP contribution in [0.3, 0.4) is 0 Å². The molecule has 3 aromatic carbocycles. The molecule has 1 saturated carbocycles. The van der Waals surface area contributed by atoms with E-state index in [2.05, 4.69) is 102 Å². The Balaban J connectivity index is 1.35. The van der Waals surface area contributed by atoms with Crippen LogP contribution in [0.4, 0.5) is 0 Å². The largest absolute Gasteiger partial charge is 0.493 e. The fourth-order valence-corrected chi connectivity index (χ4v) is 12.9. The van der Waals surface area contributed by atoms with Crippen LogP contribution < -0.4 is 15.1 Å². The Labute approximate surface area is 267 Å². The Morgan fingerprint density at radius 2 is 1.43 bits per heavy atom. The van der Waals surface area contributed by atoms with Crippen LogP contribution in [0.25, 0.3) is 0 Å². The van der Waals surface area contributed by atoms with Gasteiger partial charge in [-0.25, -0.2) is 0 Å². The molecule has 0 saturated heterocycles. The molecule has 3 aromatic rings. The van der Waals surface area contributed by atoms with E-state index in [4.69, 9.17) is 9.16 Å². The summed E-state index contributed by atoms with van der Waals surface area (Å²) in [4.78, 5) is 13.0. The number of hydrogen-bond acceptors (Lipinski definition) is 3. The molecular formula is C40H52O3Si. The van der Waals surface area contributed by atoms with Gasteiger partial charge in [-0.2, -0.15) is 0 Å². The van der Waals surface area contributed by atoms with Gasteiger partial charge in [-0.05, 0) is 76.9 Å². The third-order valence-electron chi connectivity index (χ3n) is 10.9. The Morgan fingerprint density at radius 3 is 1.98 bits per heavy atom. The normalized spacial score (nSPS) is 24.5. The van der Waals surface area contributed by atoms with Gasteiger partial charge in [0.25, 0.3) is 8.32 Å². The lowest BCUT2D eigenvalue weighted by Gasteiger charge is -2.48. The first-order valence-electron chi connectivity index (χ1n) is 16.7. The van der Waals surface area contributed by atoms with E-state index < -0.39 is 8.32 Å². The summed E-state index contributed by atoms with van der Waals surface area (Å²) < 4.78 is 13.4. The number of ether oxygens (including phenoxy) is 1. The van der Waals surface area contributed by atoms with E-state index in [1.54, 1.807) is 0 Å². The van der Waals surface area contributed by atoms with Crippen LogP contribution in [-0.4, -0.2) is 27.8 Å². The standard InChI is InChI=1S/C40H52O3Si/c1-31(30-42-32-17-10-7-11-18-32)35-23-25-40(6)27-26-39(5,36(29-41)37(35)40)24-16-28-43-44(38(2,3)4,33-19-12-8-13-20-33)34-21-14-9-15-22-34/h7-15,17-22,29,31,36H,16,23-28,30H2,1-6H3/t31-,36-,39-,40-/m1/s1. The van der Waals surface area contributed by atoms with Crippen molar-refractivity contribution < 1.29 is 14.0 Å². The van der Waals surface area contributed by atoms with Gasteiger partial charge in [0, 0.05) is 18.4 Å². The second-order valence-corrected chi connectivity index (χ2v) is 19.2. The predicted octanol–water partition coefficient (Wildman–Crippen LogP) is 8.77. The molecule has 234 valence electrons. The van der Waals surface area contributed by atoms with E-state index in [1.165, 1.54) is 27.8 Å². The number of rotatable bonds is 12. The summed E-state index contributed by atoms with van der Waals surface area (Å²) in [5, 5.41) is 2.59. The van der Waals surface area contributed by atoms with Gasteiger partial charge >= 0.3 is 0 Å². The van der Waals surface area contributed by atoms with Crippen molar-refractivity contribution in [3.05, 3.63) is 102 Å². The Kier molecular flexibility index (Phi) is 9.72. The van der Waals surface area contributed by atoms with E-state index in [0.29, 0.717) is 13.2 Å². The van der Waals surface area contributed by atoms with Crippen molar-refractivity contribution in [3.63, 3.8) is 0 Å². The Bertz CT molecular complexity index is 1370. The topological polar surface area (TPSA) is 35.5 Å². The Morgan fingerprint density at radius 1 is 0.864 bits per heavy atom. The molecule has 4 atom stereocenters. The maximum Gasteiger partial charge on any atom is 0.261 e. The molecule has 2 aliphatic carbocycles. The molecular weight excluding hydrogens is 557 g/mol. The van der Waals surface area contributed by atoms with Gasteiger partial charge in [0.2, 0.25) is 0 Å². The third-order valence-corrected chi connectivity index (χ3v) is 15.9.